The number of hydrogen-bond donors (Lipinski definition) is 2. The van der Waals surface area contributed by atoms with Crippen LogP contribution < -0.4 is 5.32 Å². The van der Waals surface area contributed by atoms with E-state index < -0.39 is 18.2 Å². The number of hydrogen-bond acceptors (Lipinski definition) is 3. The highest BCUT2D eigenvalue weighted by molar-refractivity contribution is 6.04. The van der Waals surface area contributed by atoms with Crippen molar-refractivity contribution in [1.29, 1.82) is 0 Å². The van der Waals surface area contributed by atoms with E-state index in [0.29, 0.717) is 0 Å². The lowest BCUT2D eigenvalue weighted by molar-refractivity contribution is -0.129. The molecule has 1 rings (SSSR count). The maximum atomic E-state index is 11.6. The van der Waals surface area contributed by atoms with E-state index in [1.165, 1.54) is 0 Å². The summed E-state index contributed by atoms with van der Waals surface area (Å²) in [6.07, 6.45) is -0.685. The number of nitrogens with one attached hydrogen (secondary N) is 1. The lowest BCUT2D eigenvalue weighted by Crippen LogP contribution is -2.37. The second kappa shape index (κ2) is 3.96. The summed E-state index contributed by atoms with van der Waals surface area (Å²) in [4.78, 5) is 24.0. The van der Waals surface area contributed by atoms with Crippen LogP contribution >= 0.6 is 0 Å². The van der Waals surface area contributed by atoms with Crippen molar-refractivity contribution in [3.63, 3.8) is 0 Å². The van der Waals surface area contributed by atoms with Gasteiger partial charge in [-0.1, -0.05) is 13.8 Å². The van der Waals surface area contributed by atoms with Gasteiger partial charge in [-0.3, -0.25) is 9.69 Å². The van der Waals surface area contributed by atoms with Crippen molar-refractivity contribution >= 4 is 11.9 Å². The van der Waals surface area contributed by atoms with E-state index in [1.807, 2.05) is 13.8 Å². The fourth-order valence-corrected chi connectivity index (χ4v) is 1.43. The molecule has 14 heavy (non-hydrogen) atoms. The third-order valence-corrected chi connectivity index (χ3v) is 2.17. The van der Waals surface area contributed by atoms with Gasteiger partial charge in [0.1, 0.15) is 6.04 Å². The third kappa shape index (κ3) is 2.04. The van der Waals surface area contributed by atoms with Crippen LogP contribution in [0.15, 0.2) is 0 Å². The lowest BCUT2D eigenvalue weighted by Gasteiger charge is -2.15. The van der Waals surface area contributed by atoms with Crippen molar-refractivity contribution in [2.75, 3.05) is 6.54 Å². The molecule has 1 aliphatic rings. The van der Waals surface area contributed by atoms with Gasteiger partial charge < -0.3 is 10.4 Å². The number of β-amino-alcohol motifs (C(OH)–C–C–N with tert-alkyl or cyclic N) is 1. The lowest BCUT2D eigenvalue weighted by atomic mass is 10.1. The Bertz CT molecular complexity index is 250. The van der Waals surface area contributed by atoms with E-state index in [4.69, 9.17) is 5.11 Å². The van der Waals surface area contributed by atoms with E-state index in [2.05, 4.69) is 5.32 Å². The summed E-state index contributed by atoms with van der Waals surface area (Å²) in [7, 11) is 0. The summed E-state index contributed by atoms with van der Waals surface area (Å²) in [5.74, 6) is -0.170. The van der Waals surface area contributed by atoms with E-state index in [-0.39, 0.29) is 18.4 Å². The van der Waals surface area contributed by atoms with Gasteiger partial charge in [0.15, 0.2) is 0 Å². The summed E-state index contributed by atoms with van der Waals surface area (Å²) in [5, 5.41) is 11.7. The second-order valence-corrected chi connectivity index (χ2v) is 3.97. The number of carbonyl (C=O) groups excluding carboxylic acids is 2. The monoisotopic (exact) mass is 200 g/mol. The van der Waals surface area contributed by atoms with Gasteiger partial charge in [0, 0.05) is 0 Å². The molecule has 0 aliphatic carbocycles. The molecule has 2 unspecified atom stereocenters. The molecule has 2 N–H and O–H groups in total. The molecule has 80 valence electrons. The maximum Gasteiger partial charge on any atom is 0.324 e. The Morgan fingerprint density at radius 1 is 1.43 bits per heavy atom. The molecule has 0 spiro atoms. The molecular weight excluding hydrogens is 184 g/mol. The first-order chi connectivity index (χ1) is 6.43. The van der Waals surface area contributed by atoms with E-state index >= 15 is 0 Å². The van der Waals surface area contributed by atoms with E-state index in [1.54, 1.807) is 6.92 Å². The zero-order valence-corrected chi connectivity index (χ0v) is 8.65. The Labute approximate surface area is 83.1 Å². The first kappa shape index (κ1) is 11.0. The van der Waals surface area contributed by atoms with Crippen molar-refractivity contribution in [2.24, 2.45) is 5.92 Å². The normalized spacial score (nSPS) is 24.4. The molecule has 2 atom stereocenters. The molecule has 5 nitrogen and oxygen atoms in total. The molecule has 0 bridgehead atoms. The van der Waals surface area contributed by atoms with Crippen molar-refractivity contribution in [3.8, 4) is 0 Å². The summed E-state index contributed by atoms with van der Waals surface area (Å²) < 4.78 is 0. The van der Waals surface area contributed by atoms with Gasteiger partial charge in [-0.25, -0.2) is 4.79 Å². The van der Waals surface area contributed by atoms with Crippen molar-refractivity contribution in [3.05, 3.63) is 0 Å². The average molecular weight is 200 g/mol. The predicted octanol–water partition coefficient (Wildman–Crippen LogP) is -0.0564. The minimum atomic E-state index is -0.685. The molecule has 1 saturated heterocycles. The van der Waals surface area contributed by atoms with Crippen LogP contribution in [-0.4, -0.2) is 40.6 Å². The van der Waals surface area contributed by atoms with Crippen molar-refractivity contribution in [1.82, 2.24) is 10.2 Å². The zero-order valence-electron chi connectivity index (χ0n) is 8.65. The van der Waals surface area contributed by atoms with Gasteiger partial charge in [0.05, 0.1) is 12.6 Å². The van der Waals surface area contributed by atoms with Gasteiger partial charge in [-0.15, -0.1) is 0 Å². The van der Waals surface area contributed by atoms with Crippen molar-refractivity contribution < 1.29 is 14.7 Å². The Kier molecular flexibility index (Phi) is 3.10. The van der Waals surface area contributed by atoms with Crippen LogP contribution in [0.25, 0.3) is 0 Å². The molecule has 3 amide bonds. The molecular formula is C9H16N2O3. The SMILES string of the molecule is CC(O)CN1C(=O)NC(C(C)C)C1=O. The molecule has 0 radical (unpaired) electrons. The topological polar surface area (TPSA) is 69.6 Å². The number of aliphatic hydroxyl groups excluding tert-OH is 1. The van der Waals surface area contributed by atoms with Crippen molar-refractivity contribution in [2.45, 2.75) is 32.9 Å². The van der Waals surface area contributed by atoms with Crippen LogP contribution in [0.4, 0.5) is 4.79 Å². The summed E-state index contributed by atoms with van der Waals surface area (Å²) >= 11 is 0. The fraction of sp³-hybridized carbons (Fsp3) is 0.778. The highest BCUT2D eigenvalue weighted by Crippen LogP contribution is 2.13. The number of imide groups is 1. The highest BCUT2D eigenvalue weighted by atomic mass is 16.3. The summed E-state index contributed by atoms with van der Waals surface area (Å²) in [6, 6.07) is -0.851. The van der Waals surface area contributed by atoms with Crippen LogP contribution in [0.3, 0.4) is 0 Å². The van der Waals surface area contributed by atoms with E-state index in [9.17, 15) is 9.59 Å². The molecule has 1 fully saturated rings. The molecule has 0 aromatic carbocycles. The van der Waals surface area contributed by atoms with Gasteiger partial charge in [-0.05, 0) is 12.8 Å². The largest absolute Gasteiger partial charge is 0.392 e. The first-order valence-corrected chi connectivity index (χ1v) is 4.73. The summed E-state index contributed by atoms with van der Waals surface area (Å²) in [5.41, 5.74) is 0. The second-order valence-electron chi connectivity index (χ2n) is 3.97. The molecule has 1 heterocycles. The quantitative estimate of drug-likeness (QED) is 0.627. The first-order valence-electron chi connectivity index (χ1n) is 4.73. The number of amides is 3. The number of urea groups is 1. The third-order valence-electron chi connectivity index (χ3n) is 2.17. The predicted molar refractivity (Wildman–Crippen MR) is 50.6 cm³/mol. The molecule has 0 saturated carbocycles. The van der Waals surface area contributed by atoms with Gasteiger partial charge in [-0.2, -0.15) is 0 Å². The van der Waals surface area contributed by atoms with Crippen LogP contribution in [-0.2, 0) is 4.79 Å². The Morgan fingerprint density at radius 2 is 2.00 bits per heavy atom. The number of nitrogens with zero attached hydrogens (tertiary/aromatic N) is 1. The number of carbonyl (C=O) groups is 2. The summed E-state index contributed by atoms with van der Waals surface area (Å²) in [6.45, 7) is 5.35. The minimum absolute atomic E-state index is 0.0634. The van der Waals surface area contributed by atoms with Crippen LogP contribution in [0.1, 0.15) is 20.8 Å². The number of aliphatic hydroxyl groups is 1. The van der Waals surface area contributed by atoms with Crippen LogP contribution in [0.2, 0.25) is 0 Å². The molecule has 5 heteroatoms. The Morgan fingerprint density at radius 3 is 2.36 bits per heavy atom. The Hall–Kier alpha value is -1.10. The standard InChI is InChI=1S/C9H16N2O3/c1-5(2)7-8(13)11(4-6(3)12)9(14)10-7/h5-7,12H,4H2,1-3H3,(H,10,14). The highest BCUT2D eigenvalue weighted by Gasteiger charge is 2.39. The van der Waals surface area contributed by atoms with Crippen LogP contribution in [0, 0.1) is 5.92 Å². The maximum absolute atomic E-state index is 11.6. The molecule has 0 aromatic heterocycles. The zero-order chi connectivity index (χ0) is 10.9. The molecule has 1 aliphatic heterocycles. The molecule has 0 aromatic rings. The van der Waals surface area contributed by atoms with Gasteiger partial charge >= 0.3 is 6.03 Å². The minimum Gasteiger partial charge on any atom is -0.392 e. The van der Waals surface area contributed by atoms with Crippen LogP contribution in [0.5, 0.6) is 0 Å². The smallest absolute Gasteiger partial charge is 0.324 e. The van der Waals surface area contributed by atoms with E-state index in [0.717, 1.165) is 4.90 Å². The van der Waals surface area contributed by atoms with Gasteiger partial charge in [0.25, 0.3) is 5.91 Å². The Balaban J connectivity index is 2.70. The van der Waals surface area contributed by atoms with Gasteiger partial charge in [0.2, 0.25) is 0 Å². The fourth-order valence-electron chi connectivity index (χ4n) is 1.43. The number of rotatable bonds is 3. The average Bonchev–Trinajstić information content (AvgIpc) is 2.31.